The van der Waals surface area contributed by atoms with E-state index in [1.807, 2.05) is 0 Å². The Morgan fingerprint density at radius 1 is 1.20 bits per heavy atom. The molecule has 2 aliphatic carbocycles. The van der Waals surface area contributed by atoms with E-state index in [0.717, 1.165) is 23.9 Å². The maximum absolute atomic E-state index is 3.37. The van der Waals surface area contributed by atoms with Gasteiger partial charge in [0.05, 0.1) is 0 Å². The van der Waals surface area contributed by atoms with Gasteiger partial charge < -0.3 is 5.32 Å². The summed E-state index contributed by atoms with van der Waals surface area (Å²) in [6, 6.07) is 1.81. The summed E-state index contributed by atoms with van der Waals surface area (Å²) in [5.74, 6) is 2.16. The summed E-state index contributed by atoms with van der Waals surface area (Å²) >= 11 is 0. The molecule has 15 heavy (non-hydrogen) atoms. The quantitative estimate of drug-likeness (QED) is 0.761. The van der Waals surface area contributed by atoms with Crippen molar-refractivity contribution in [3.8, 4) is 0 Å². The van der Waals surface area contributed by atoms with Crippen LogP contribution in [0, 0.1) is 11.8 Å². The highest BCUT2D eigenvalue weighted by Crippen LogP contribution is 2.47. The van der Waals surface area contributed by atoms with Crippen LogP contribution in [0.1, 0.15) is 38.5 Å². The van der Waals surface area contributed by atoms with E-state index < -0.39 is 0 Å². The number of hydrogen-bond donors (Lipinski definition) is 1. The van der Waals surface area contributed by atoms with Crippen LogP contribution in [0.25, 0.3) is 0 Å². The van der Waals surface area contributed by atoms with Gasteiger partial charge in [0.15, 0.2) is 0 Å². The first-order chi connectivity index (χ1) is 7.38. The smallest absolute Gasteiger partial charge is 0.0224 e. The van der Waals surface area contributed by atoms with Crippen molar-refractivity contribution in [2.24, 2.45) is 11.8 Å². The van der Waals surface area contributed by atoms with Gasteiger partial charge in [-0.1, -0.05) is 6.42 Å². The van der Waals surface area contributed by atoms with E-state index in [2.05, 4.69) is 17.3 Å². The zero-order chi connectivity index (χ0) is 10.3. The normalized spacial score (nSPS) is 45.4. The van der Waals surface area contributed by atoms with Crippen LogP contribution in [0.2, 0.25) is 0 Å². The predicted molar refractivity (Wildman–Crippen MR) is 62.9 cm³/mol. The fourth-order valence-corrected chi connectivity index (χ4v) is 4.37. The Hall–Kier alpha value is -0.0800. The van der Waals surface area contributed by atoms with E-state index in [4.69, 9.17) is 0 Å². The molecule has 0 aromatic heterocycles. The molecule has 1 N–H and O–H groups in total. The van der Waals surface area contributed by atoms with Crippen LogP contribution in [0.15, 0.2) is 0 Å². The van der Waals surface area contributed by atoms with Gasteiger partial charge in [-0.3, -0.25) is 4.90 Å². The zero-order valence-electron chi connectivity index (χ0n) is 9.91. The molecule has 3 rings (SSSR count). The van der Waals surface area contributed by atoms with Crippen molar-refractivity contribution < 1.29 is 0 Å². The largest absolute Gasteiger partial charge is 0.318 e. The second-order valence-electron chi connectivity index (χ2n) is 5.83. The van der Waals surface area contributed by atoms with Gasteiger partial charge in [-0.2, -0.15) is 0 Å². The standard InChI is InChI=1S/C13H24N2/c1-14-9-12-3-2-6-15(12)13-8-10-4-5-11(13)7-10/h10-14H,2-9H2,1H3. The van der Waals surface area contributed by atoms with Gasteiger partial charge in [0, 0.05) is 18.6 Å². The van der Waals surface area contributed by atoms with E-state index in [1.165, 1.54) is 45.2 Å². The molecule has 86 valence electrons. The number of rotatable bonds is 3. The highest BCUT2D eigenvalue weighted by atomic mass is 15.2. The molecule has 2 bridgehead atoms. The van der Waals surface area contributed by atoms with E-state index in [9.17, 15) is 0 Å². The number of fused-ring (bicyclic) bond motifs is 2. The maximum atomic E-state index is 3.37. The molecule has 2 saturated carbocycles. The molecule has 0 radical (unpaired) electrons. The van der Waals surface area contributed by atoms with Crippen molar-refractivity contribution in [3.63, 3.8) is 0 Å². The molecule has 3 aliphatic rings. The fourth-order valence-electron chi connectivity index (χ4n) is 4.37. The molecule has 3 fully saturated rings. The number of likely N-dealkylation sites (N-methyl/N-ethyl adjacent to an activating group) is 1. The minimum atomic E-state index is 0.847. The molecule has 4 unspecified atom stereocenters. The van der Waals surface area contributed by atoms with Gasteiger partial charge in [-0.25, -0.2) is 0 Å². The number of hydrogen-bond acceptors (Lipinski definition) is 2. The first-order valence-corrected chi connectivity index (χ1v) is 6.79. The third-order valence-corrected chi connectivity index (χ3v) is 4.99. The highest BCUT2D eigenvalue weighted by Gasteiger charge is 2.44. The van der Waals surface area contributed by atoms with Crippen LogP contribution in [0.5, 0.6) is 0 Å². The van der Waals surface area contributed by atoms with Crippen LogP contribution in [0.3, 0.4) is 0 Å². The molecule has 0 aromatic rings. The number of likely N-dealkylation sites (tertiary alicyclic amines) is 1. The van der Waals surface area contributed by atoms with Crippen molar-refractivity contribution >= 4 is 0 Å². The van der Waals surface area contributed by atoms with E-state index in [1.54, 1.807) is 6.42 Å². The van der Waals surface area contributed by atoms with Crippen LogP contribution < -0.4 is 5.32 Å². The Balaban J connectivity index is 1.66. The lowest BCUT2D eigenvalue weighted by Crippen LogP contribution is -2.45. The average molecular weight is 208 g/mol. The van der Waals surface area contributed by atoms with E-state index in [0.29, 0.717) is 0 Å². The molecular weight excluding hydrogens is 184 g/mol. The second-order valence-corrected chi connectivity index (χ2v) is 5.83. The number of nitrogens with one attached hydrogen (secondary N) is 1. The van der Waals surface area contributed by atoms with Crippen molar-refractivity contribution in [1.82, 2.24) is 10.2 Å². The fraction of sp³-hybridized carbons (Fsp3) is 1.00. The van der Waals surface area contributed by atoms with Gasteiger partial charge in [-0.05, 0) is 57.5 Å². The minimum absolute atomic E-state index is 0.847. The van der Waals surface area contributed by atoms with Gasteiger partial charge in [0.25, 0.3) is 0 Å². The van der Waals surface area contributed by atoms with Crippen molar-refractivity contribution in [1.29, 1.82) is 0 Å². The lowest BCUT2D eigenvalue weighted by molar-refractivity contribution is 0.128. The summed E-state index contributed by atoms with van der Waals surface area (Å²) in [5.41, 5.74) is 0. The molecule has 1 aliphatic heterocycles. The van der Waals surface area contributed by atoms with Crippen LogP contribution in [0.4, 0.5) is 0 Å². The van der Waals surface area contributed by atoms with E-state index in [-0.39, 0.29) is 0 Å². The third kappa shape index (κ3) is 1.72. The zero-order valence-corrected chi connectivity index (χ0v) is 9.91. The van der Waals surface area contributed by atoms with Crippen LogP contribution >= 0.6 is 0 Å². The van der Waals surface area contributed by atoms with Gasteiger partial charge >= 0.3 is 0 Å². The lowest BCUT2D eigenvalue weighted by Gasteiger charge is -2.35. The van der Waals surface area contributed by atoms with Crippen molar-refractivity contribution in [2.45, 2.75) is 50.6 Å². The molecule has 2 heteroatoms. The topological polar surface area (TPSA) is 15.3 Å². The minimum Gasteiger partial charge on any atom is -0.318 e. The third-order valence-electron chi connectivity index (χ3n) is 4.99. The summed E-state index contributed by atoms with van der Waals surface area (Å²) < 4.78 is 0. The second kappa shape index (κ2) is 4.06. The molecule has 0 amide bonds. The lowest BCUT2D eigenvalue weighted by atomic mass is 9.93. The molecule has 4 atom stereocenters. The molecular formula is C13H24N2. The summed E-state index contributed by atoms with van der Waals surface area (Å²) in [7, 11) is 2.09. The van der Waals surface area contributed by atoms with Crippen molar-refractivity contribution in [3.05, 3.63) is 0 Å². The Morgan fingerprint density at radius 3 is 2.80 bits per heavy atom. The number of nitrogens with zero attached hydrogens (tertiary/aromatic N) is 1. The van der Waals surface area contributed by atoms with Gasteiger partial charge in [-0.15, -0.1) is 0 Å². The SMILES string of the molecule is CNCC1CCCN1C1CC2CCC1C2. The Labute approximate surface area is 93.4 Å². The van der Waals surface area contributed by atoms with E-state index >= 15 is 0 Å². The average Bonchev–Trinajstić information content (AvgIpc) is 2.91. The van der Waals surface area contributed by atoms with Crippen LogP contribution in [-0.4, -0.2) is 37.1 Å². The predicted octanol–water partition coefficient (Wildman–Crippen LogP) is 1.86. The molecule has 1 heterocycles. The Kier molecular flexibility index (Phi) is 2.73. The molecule has 2 nitrogen and oxygen atoms in total. The molecule has 1 saturated heterocycles. The molecule has 0 spiro atoms. The van der Waals surface area contributed by atoms with Gasteiger partial charge in [0.2, 0.25) is 0 Å². The first kappa shape index (κ1) is 10.1. The first-order valence-electron chi connectivity index (χ1n) is 6.79. The summed E-state index contributed by atoms with van der Waals surface area (Å²) in [4.78, 5) is 2.85. The summed E-state index contributed by atoms with van der Waals surface area (Å²) in [5, 5.41) is 3.37. The van der Waals surface area contributed by atoms with Crippen molar-refractivity contribution in [2.75, 3.05) is 20.1 Å². The molecule has 0 aromatic carbocycles. The summed E-state index contributed by atoms with van der Waals surface area (Å²) in [6.45, 7) is 2.58. The Bertz CT molecular complexity index is 229. The van der Waals surface area contributed by atoms with Gasteiger partial charge in [0.1, 0.15) is 0 Å². The Morgan fingerprint density at radius 2 is 2.13 bits per heavy atom. The van der Waals surface area contributed by atoms with Crippen LogP contribution in [-0.2, 0) is 0 Å². The monoisotopic (exact) mass is 208 g/mol. The summed E-state index contributed by atoms with van der Waals surface area (Å²) in [6.07, 6.45) is 8.98. The maximum Gasteiger partial charge on any atom is 0.0224 e. The highest BCUT2D eigenvalue weighted by molar-refractivity contribution is 4.98.